The van der Waals surface area contributed by atoms with E-state index >= 15 is 0 Å². The van der Waals surface area contributed by atoms with Crippen LogP contribution in [0.2, 0.25) is 0 Å². The molecule has 30 heavy (non-hydrogen) atoms. The first-order chi connectivity index (χ1) is 14.4. The average molecular weight is 413 g/mol. The zero-order chi connectivity index (χ0) is 21.0. The summed E-state index contributed by atoms with van der Waals surface area (Å²) in [6.45, 7) is 1.24. The van der Waals surface area contributed by atoms with Gasteiger partial charge in [0.1, 0.15) is 0 Å². The van der Waals surface area contributed by atoms with E-state index in [0.717, 1.165) is 43.6 Å². The van der Waals surface area contributed by atoms with Crippen LogP contribution in [0.3, 0.4) is 0 Å². The van der Waals surface area contributed by atoms with Crippen LogP contribution >= 0.6 is 0 Å². The summed E-state index contributed by atoms with van der Waals surface area (Å²) in [6.07, 6.45) is 5.02. The number of hydrogen-bond donors (Lipinski definition) is 1. The lowest BCUT2D eigenvalue weighted by atomic mass is 9.95. The van der Waals surface area contributed by atoms with Crippen molar-refractivity contribution in [3.05, 3.63) is 68.9 Å². The monoisotopic (exact) mass is 413 g/mol. The van der Waals surface area contributed by atoms with Gasteiger partial charge in [-0.25, -0.2) is 8.78 Å². The molecule has 2 aromatic heterocycles. The minimum atomic E-state index is -1.08. The number of likely N-dealkylation sites (N-methyl/N-ethyl adjacent to an activating group) is 1. The summed E-state index contributed by atoms with van der Waals surface area (Å²) in [7, 11) is 1.67. The first-order valence-electron chi connectivity index (χ1n) is 10.0. The highest BCUT2D eigenvalue weighted by atomic mass is 19.2. The number of hydrogen-bond acceptors (Lipinski definition) is 3. The Morgan fingerprint density at radius 2 is 1.97 bits per heavy atom. The van der Waals surface area contributed by atoms with Crippen molar-refractivity contribution < 1.29 is 18.3 Å². The summed E-state index contributed by atoms with van der Waals surface area (Å²) in [5.74, 6) is -2.30. The van der Waals surface area contributed by atoms with Gasteiger partial charge in [-0.2, -0.15) is 0 Å². The van der Waals surface area contributed by atoms with Crippen LogP contribution in [-0.2, 0) is 24.3 Å². The second-order valence-corrected chi connectivity index (χ2v) is 7.98. The predicted molar refractivity (Wildman–Crippen MR) is 106 cm³/mol. The fourth-order valence-electron chi connectivity index (χ4n) is 4.57. The second kappa shape index (κ2) is 7.05. The fraction of sp³-hybridized carbons (Fsp3) is 0.364. The van der Waals surface area contributed by atoms with Gasteiger partial charge in [-0.05, 0) is 42.8 Å². The van der Waals surface area contributed by atoms with Crippen LogP contribution in [0.1, 0.15) is 46.2 Å². The van der Waals surface area contributed by atoms with Crippen molar-refractivity contribution in [1.29, 1.82) is 0 Å². The van der Waals surface area contributed by atoms with Crippen LogP contribution in [0.4, 0.5) is 8.78 Å². The smallest absolute Gasteiger partial charge is 0.256 e. The maximum Gasteiger partial charge on any atom is 0.256 e. The topological polar surface area (TPSA) is 67.3 Å². The molecule has 0 saturated heterocycles. The molecule has 1 N–H and O–H groups in total. The van der Waals surface area contributed by atoms with Crippen LogP contribution in [0.5, 0.6) is 0 Å². The summed E-state index contributed by atoms with van der Waals surface area (Å²) < 4.78 is 35.5. The SMILES string of the molecule is CN(C(=O)c1cc2n(c1)CCCC2)[C@H]1COCc2[nH]c(=O)c3cc(F)c(F)cc3c21. The van der Waals surface area contributed by atoms with E-state index in [-0.39, 0.29) is 24.5 Å². The van der Waals surface area contributed by atoms with Gasteiger partial charge >= 0.3 is 0 Å². The van der Waals surface area contributed by atoms with Crippen LogP contribution < -0.4 is 5.56 Å². The summed E-state index contributed by atoms with van der Waals surface area (Å²) in [5.41, 5.74) is 2.29. The van der Waals surface area contributed by atoms with Crippen molar-refractivity contribution in [3.63, 3.8) is 0 Å². The number of aromatic amines is 1. The Kier molecular flexibility index (Phi) is 4.47. The van der Waals surface area contributed by atoms with E-state index in [4.69, 9.17) is 4.74 Å². The van der Waals surface area contributed by atoms with Gasteiger partial charge in [-0.15, -0.1) is 0 Å². The van der Waals surface area contributed by atoms with E-state index in [1.165, 1.54) is 0 Å². The van der Waals surface area contributed by atoms with E-state index in [0.29, 0.717) is 22.2 Å². The summed E-state index contributed by atoms with van der Waals surface area (Å²) >= 11 is 0. The van der Waals surface area contributed by atoms with E-state index in [1.54, 1.807) is 11.9 Å². The minimum absolute atomic E-state index is 0.0553. The molecule has 4 heterocycles. The molecule has 8 heteroatoms. The van der Waals surface area contributed by atoms with Crippen LogP contribution in [0.15, 0.2) is 29.2 Å². The highest BCUT2D eigenvalue weighted by Crippen LogP contribution is 2.34. The third kappa shape index (κ3) is 2.94. The second-order valence-electron chi connectivity index (χ2n) is 7.98. The lowest BCUT2D eigenvalue weighted by Crippen LogP contribution is -2.37. The summed E-state index contributed by atoms with van der Waals surface area (Å²) in [5, 5.41) is 0.358. The maximum atomic E-state index is 14.0. The average Bonchev–Trinajstić information content (AvgIpc) is 3.18. The number of fused-ring (bicyclic) bond motifs is 4. The van der Waals surface area contributed by atoms with Crippen molar-refractivity contribution in [1.82, 2.24) is 14.5 Å². The van der Waals surface area contributed by atoms with Gasteiger partial charge in [0, 0.05) is 36.7 Å². The third-order valence-electron chi connectivity index (χ3n) is 6.14. The van der Waals surface area contributed by atoms with Crippen LogP contribution in [0, 0.1) is 11.6 Å². The minimum Gasteiger partial charge on any atom is -0.373 e. The number of carbonyl (C=O) groups is 1. The zero-order valence-electron chi connectivity index (χ0n) is 16.5. The molecule has 1 aromatic carbocycles. The first-order valence-corrected chi connectivity index (χ1v) is 10.0. The predicted octanol–water partition coefficient (Wildman–Crippen LogP) is 3.29. The van der Waals surface area contributed by atoms with Crippen LogP contribution in [-0.4, -0.2) is 34.0 Å². The fourth-order valence-corrected chi connectivity index (χ4v) is 4.57. The van der Waals surface area contributed by atoms with Gasteiger partial charge in [0.15, 0.2) is 11.6 Å². The molecule has 5 rings (SSSR count). The highest BCUT2D eigenvalue weighted by Gasteiger charge is 2.32. The Hall–Kier alpha value is -3.00. The quantitative estimate of drug-likeness (QED) is 0.701. The number of rotatable bonds is 2. The molecule has 0 saturated carbocycles. The van der Waals surface area contributed by atoms with E-state index in [1.807, 2.05) is 12.3 Å². The van der Waals surface area contributed by atoms with E-state index < -0.39 is 23.2 Å². The van der Waals surface area contributed by atoms with Crippen molar-refractivity contribution in [2.45, 2.75) is 38.5 Å². The Balaban J connectivity index is 1.59. The molecule has 0 radical (unpaired) electrons. The Bertz CT molecular complexity index is 1210. The largest absolute Gasteiger partial charge is 0.373 e. The third-order valence-corrected chi connectivity index (χ3v) is 6.14. The molecule has 6 nitrogen and oxygen atoms in total. The Morgan fingerprint density at radius 3 is 2.73 bits per heavy atom. The standard InChI is InChI=1S/C22H21F2N3O3/c1-26(22(29)12-6-13-4-2-3-5-27(13)9-12)19-11-30-10-18-20(19)14-7-16(23)17(24)8-15(14)21(28)25-18/h6-9,19H,2-5,10-11H2,1H3,(H,25,28)/t19-/m0/s1. The first kappa shape index (κ1) is 19.0. The number of nitrogens with one attached hydrogen (secondary N) is 1. The van der Waals surface area contributed by atoms with Gasteiger partial charge in [-0.1, -0.05) is 0 Å². The number of nitrogens with zero attached hydrogens (tertiary/aromatic N) is 2. The molecule has 156 valence electrons. The molecular formula is C22H21F2N3O3. The molecule has 2 aliphatic rings. The van der Waals surface area contributed by atoms with Gasteiger partial charge in [0.05, 0.1) is 30.2 Å². The van der Waals surface area contributed by atoms with Gasteiger partial charge in [-0.3, -0.25) is 9.59 Å². The van der Waals surface area contributed by atoms with Crippen molar-refractivity contribution in [2.24, 2.45) is 0 Å². The molecule has 1 atom stereocenters. The zero-order valence-corrected chi connectivity index (χ0v) is 16.5. The number of H-pyrrole nitrogens is 1. The molecule has 3 aromatic rings. The van der Waals surface area contributed by atoms with Gasteiger partial charge < -0.3 is 19.2 Å². The van der Waals surface area contributed by atoms with Crippen molar-refractivity contribution in [3.8, 4) is 0 Å². The highest BCUT2D eigenvalue weighted by molar-refractivity contribution is 5.95. The van der Waals surface area contributed by atoms with Crippen molar-refractivity contribution >= 4 is 16.7 Å². The van der Waals surface area contributed by atoms with E-state index in [9.17, 15) is 18.4 Å². The van der Waals surface area contributed by atoms with Crippen LogP contribution in [0.25, 0.3) is 10.8 Å². The summed E-state index contributed by atoms with van der Waals surface area (Å²) in [4.78, 5) is 29.9. The summed E-state index contributed by atoms with van der Waals surface area (Å²) in [6, 6.07) is 3.32. The maximum absolute atomic E-state index is 14.0. The number of aromatic nitrogens is 2. The Morgan fingerprint density at radius 1 is 1.20 bits per heavy atom. The normalized spacial score (nSPS) is 18.2. The number of amides is 1. The van der Waals surface area contributed by atoms with E-state index in [2.05, 4.69) is 9.55 Å². The number of pyridine rings is 1. The number of benzene rings is 1. The lowest BCUT2D eigenvalue weighted by molar-refractivity contribution is 0.0335. The lowest BCUT2D eigenvalue weighted by Gasteiger charge is -2.33. The Labute approximate surface area is 171 Å². The number of halogens is 2. The molecule has 0 fully saturated rings. The molecule has 0 aliphatic carbocycles. The molecular weight excluding hydrogens is 392 g/mol. The number of aryl methyl sites for hydroxylation is 2. The molecule has 0 bridgehead atoms. The molecule has 1 amide bonds. The van der Waals surface area contributed by atoms with Gasteiger partial charge in [0.2, 0.25) is 0 Å². The number of ether oxygens (including phenoxy) is 1. The number of carbonyl (C=O) groups excluding carboxylic acids is 1. The molecule has 0 spiro atoms. The van der Waals surface area contributed by atoms with Gasteiger partial charge in [0.25, 0.3) is 11.5 Å². The van der Waals surface area contributed by atoms with Crippen molar-refractivity contribution in [2.75, 3.05) is 13.7 Å². The molecule has 2 aliphatic heterocycles. The molecule has 0 unspecified atom stereocenters.